The highest BCUT2D eigenvalue weighted by molar-refractivity contribution is 5.88. The summed E-state index contributed by atoms with van der Waals surface area (Å²) >= 11 is 0. The zero-order valence-electron chi connectivity index (χ0n) is 26.2. The zero-order valence-corrected chi connectivity index (χ0v) is 26.2. The molecule has 0 unspecified atom stereocenters. The molecular weight excluding hydrogens is 578 g/mol. The lowest BCUT2D eigenvalue weighted by Gasteiger charge is -2.32. The Kier molecular flexibility index (Phi) is 12.3. The molecule has 0 radical (unpaired) electrons. The third-order valence-electron chi connectivity index (χ3n) is 7.59. The fraction of sp³-hybridized carbons (Fsp3) is 0.516. The van der Waals surface area contributed by atoms with Gasteiger partial charge in [-0.15, -0.1) is 0 Å². The van der Waals surface area contributed by atoms with Crippen LogP contribution in [0.4, 0.5) is 5.82 Å². The number of nitriles is 1. The molecule has 1 saturated heterocycles. The number of aromatic nitrogens is 3. The van der Waals surface area contributed by atoms with E-state index in [9.17, 15) is 14.9 Å². The largest absolute Gasteiger partial charge is 0.496 e. The van der Waals surface area contributed by atoms with Gasteiger partial charge in [-0.05, 0) is 44.0 Å². The summed E-state index contributed by atoms with van der Waals surface area (Å²) in [4.78, 5) is 34.8. The van der Waals surface area contributed by atoms with Crippen LogP contribution in [0.1, 0.15) is 49.4 Å². The van der Waals surface area contributed by atoms with Crippen molar-refractivity contribution in [2.45, 2.75) is 51.7 Å². The van der Waals surface area contributed by atoms with Gasteiger partial charge in [-0.25, -0.2) is 0 Å². The number of hydrogen-bond donors (Lipinski definition) is 4. The van der Waals surface area contributed by atoms with Crippen LogP contribution in [0.2, 0.25) is 0 Å². The lowest BCUT2D eigenvalue weighted by atomic mass is 10.0. The first-order valence-corrected chi connectivity index (χ1v) is 15.2. The second-order valence-electron chi connectivity index (χ2n) is 10.9. The fourth-order valence-corrected chi connectivity index (χ4v) is 5.20. The number of ether oxygens (including phenoxy) is 3. The molecule has 14 nitrogen and oxygen atoms in total. The molecule has 4 rings (SSSR count). The smallest absolute Gasteiger partial charge is 0.320 e. The maximum absolute atomic E-state index is 12.2. The van der Waals surface area contributed by atoms with Crippen LogP contribution in [0, 0.1) is 11.3 Å². The maximum atomic E-state index is 12.2. The van der Waals surface area contributed by atoms with Gasteiger partial charge in [-0.2, -0.15) is 15.2 Å². The van der Waals surface area contributed by atoms with Crippen LogP contribution in [0.15, 0.2) is 24.3 Å². The monoisotopic (exact) mass is 621 g/mol. The molecule has 14 heteroatoms. The van der Waals surface area contributed by atoms with Crippen LogP contribution in [0.5, 0.6) is 11.8 Å². The Hall–Kier alpha value is -4.45. The summed E-state index contributed by atoms with van der Waals surface area (Å²) in [5.41, 5.74) is 9.16. The van der Waals surface area contributed by atoms with Crippen molar-refractivity contribution in [3.8, 4) is 17.8 Å². The van der Waals surface area contributed by atoms with E-state index in [1.54, 1.807) is 20.2 Å². The number of carbonyl (C=O) groups is 2. The van der Waals surface area contributed by atoms with Gasteiger partial charge in [0.25, 0.3) is 0 Å². The highest BCUT2D eigenvalue weighted by Crippen LogP contribution is 2.29. The molecule has 0 atom stereocenters. The molecule has 45 heavy (non-hydrogen) atoms. The minimum atomic E-state index is -0.193. The minimum Gasteiger partial charge on any atom is -0.496 e. The number of methoxy groups -OCH3 is 1. The van der Waals surface area contributed by atoms with Gasteiger partial charge < -0.3 is 40.5 Å². The van der Waals surface area contributed by atoms with E-state index in [4.69, 9.17) is 19.9 Å². The van der Waals surface area contributed by atoms with Gasteiger partial charge in [0.15, 0.2) is 5.65 Å². The number of benzene rings is 1. The topological polar surface area (TPSA) is 182 Å². The molecule has 1 aliphatic rings. The third kappa shape index (κ3) is 9.27. The number of anilines is 1. The molecule has 0 spiro atoms. The minimum absolute atomic E-state index is 0.00580. The zero-order chi connectivity index (χ0) is 32.2. The molecule has 0 aliphatic carbocycles. The number of likely N-dealkylation sites (N-methyl/N-ethyl adjacent to an activating group) is 1. The molecule has 2 amide bonds. The quantitative estimate of drug-likeness (QED) is 0.134. The summed E-state index contributed by atoms with van der Waals surface area (Å²) in [7, 11) is 3.32. The summed E-state index contributed by atoms with van der Waals surface area (Å²) in [5.74, 6) is 0.597. The van der Waals surface area contributed by atoms with Crippen molar-refractivity contribution in [1.29, 1.82) is 5.26 Å². The molecule has 0 bridgehead atoms. The third-order valence-corrected chi connectivity index (χ3v) is 7.59. The van der Waals surface area contributed by atoms with E-state index in [1.165, 1.54) is 0 Å². The van der Waals surface area contributed by atoms with Crippen LogP contribution in [0.3, 0.4) is 0 Å². The van der Waals surface area contributed by atoms with E-state index < -0.39 is 0 Å². The van der Waals surface area contributed by atoms with Crippen molar-refractivity contribution in [3.63, 3.8) is 0 Å². The Morgan fingerprint density at radius 1 is 1.16 bits per heavy atom. The van der Waals surface area contributed by atoms with Crippen molar-refractivity contribution < 1.29 is 23.8 Å². The second-order valence-corrected chi connectivity index (χ2v) is 10.9. The van der Waals surface area contributed by atoms with Crippen LogP contribution < -0.4 is 31.2 Å². The Balaban J connectivity index is 1.33. The number of unbranched alkanes of at least 4 members (excludes halogenated alkanes) is 1. The number of nitrogen functional groups attached to an aromatic ring is 1. The molecule has 0 saturated carbocycles. The van der Waals surface area contributed by atoms with Crippen molar-refractivity contribution in [2.75, 3.05) is 59.5 Å². The molecule has 1 aromatic carbocycles. The first-order chi connectivity index (χ1) is 21.8. The molecular formula is C31H43N9O5. The first kappa shape index (κ1) is 33.4. The number of amides is 2. The number of rotatable bonds is 16. The van der Waals surface area contributed by atoms with E-state index in [-0.39, 0.29) is 49.6 Å². The van der Waals surface area contributed by atoms with Gasteiger partial charge in [-0.3, -0.25) is 14.5 Å². The van der Waals surface area contributed by atoms with Crippen molar-refractivity contribution in [2.24, 2.45) is 0 Å². The lowest BCUT2D eigenvalue weighted by Crippen LogP contribution is -2.45. The van der Waals surface area contributed by atoms with Crippen LogP contribution in [-0.2, 0) is 27.4 Å². The predicted molar refractivity (Wildman–Crippen MR) is 168 cm³/mol. The van der Waals surface area contributed by atoms with Gasteiger partial charge in [0.05, 0.1) is 32.2 Å². The van der Waals surface area contributed by atoms with E-state index in [0.29, 0.717) is 35.6 Å². The maximum Gasteiger partial charge on any atom is 0.320 e. The first-order valence-electron chi connectivity index (χ1n) is 15.2. The summed E-state index contributed by atoms with van der Waals surface area (Å²) in [5, 5.41) is 18.8. The highest BCUT2D eigenvalue weighted by atomic mass is 16.5. The number of piperidine rings is 1. The van der Waals surface area contributed by atoms with E-state index in [0.717, 1.165) is 56.4 Å². The van der Waals surface area contributed by atoms with Crippen molar-refractivity contribution in [3.05, 3.63) is 41.1 Å². The number of nitrogens with two attached hydrogens (primary N) is 1. The molecule has 3 heterocycles. The molecule has 3 aromatic rings. The number of likely N-dealkylation sites (tertiary alicyclic amines) is 1. The van der Waals surface area contributed by atoms with Crippen LogP contribution in [-0.4, -0.2) is 91.0 Å². The normalized spacial score (nSPS) is 13.8. The molecule has 1 fully saturated rings. The summed E-state index contributed by atoms with van der Waals surface area (Å²) in [6, 6.07) is 10.3. The lowest BCUT2D eigenvalue weighted by molar-refractivity contribution is -0.129. The Morgan fingerprint density at radius 2 is 1.96 bits per heavy atom. The Labute approximate surface area is 263 Å². The molecule has 1 aliphatic heterocycles. The SMILES string of the molecule is CCCCOc1nc(N)c2cc(C#N)n(Cc3ccc(CN4CCC(NC(=O)COCNC(=O)CNC)CC4)cc3OC)c2n1. The number of carbonyl (C=O) groups excluding carboxylic acids is 2. The number of nitrogens with zero attached hydrogens (tertiary/aromatic N) is 5. The van der Waals surface area contributed by atoms with E-state index in [1.807, 2.05) is 16.7 Å². The molecule has 242 valence electrons. The summed E-state index contributed by atoms with van der Waals surface area (Å²) in [6.07, 6.45) is 3.51. The van der Waals surface area contributed by atoms with Gasteiger partial charge >= 0.3 is 6.01 Å². The van der Waals surface area contributed by atoms with Gasteiger partial charge in [-0.1, -0.05) is 25.5 Å². The van der Waals surface area contributed by atoms with Crippen molar-refractivity contribution in [1.82, 2.24) is 35.4 Å². The highest BCUT2D eigenvalue weighted by Gasteiger charge is 2.22. The average Bonchev–Trinajstić information content (AvgIpc) is 3.39. The van der Waals surface area contributed by atoms with Gasteiger partial charge in [0, 0.05) is 31.2 Å². The fourth-order valence-electron chi connectivity index (χ4n) is 5.20. The van der Waals surface area contributed by atoms with Crippen LogP contribution in [0.25, 0.3) is 11.0 Å². The summed E-state index contributed by atoms with van der Waals surface area (Å²) < 4.78 is 18.5. The second kappa shape index (κ2) is 16.6. The van der Waals surface area contributed by atoms with Gasteiger partial charge in [0.2, 0.25) is 11.8 Å². The van der Waals surface area contributed by atoms with Crippen LogP contribution >= 0.6 is 0 Å². The van der Waals surface area contributed by atoms with Gasteiger partial charge in [0.1, 0.15) is 36.7 Å². The van der Waals surface area contributed by atoms with Crippen molar-refractivity contribution >= 4 is 28.7 Å². The average molecular weight is 622 g/mol. The van der Waals surface area contributed by atoms with E-state index >= 15 is 0 Å². The molecule has 2 aromatic heterocycles. The standard InChI is InChI=1S/C31H43N9O5/c1-4-5-12-45-31-37-29(33)25-14-24(15-32)40(30(25)38-31)18-22-7-6-21(13-26(22)43-3)17-39-10-8-23(9-11-39)36-28(42)19-44-20-35-27(41)16-34-2/h6-7,13-14,23,34H,4-5,8-12,16-20H2,1-3H3,(H,35,41)(H,36,42)(H2,33,37,38). The summed E-state index contributed by atoms with van der Waals surface area (Å²) in [6.45, 7) is 5.42. The Bertz CT molecular complexity index is 1490. The number of hydrogen-bond acceptors (Lipinski definition) is 11. The van der Waals surface area contributed by atoms with E-state index in [2.05, 4.69) is 49.9 Å². The Morgan fingerprint density at radius 3 is 2.67 bits per heavy atom. The predicted octanol–water partition coefficient (Wildman–Crippen LogP) is 1.51. The number of nitrogens with one attached hydrogen (secondary N) is 3. The number of fused-ring (bicyclic) bond motifs is 1. The molecule has 5 N–H and O–H groups in total.